The van der Waals surface area contributed by atoms with Crippen LogP contribution < -0.4 is 20.9 Å². The van der Waals surface area contributed by atoms with E-state index in [2.05, 4.69) is 30.7 Å². The normalized spacial score (nSPS) is 21.2. The number of benzene rings is 4. The maximum absolute atomic E-state index is 10.4. The Morgan fingerprint density at radius 2 is 0.983 bits per heavy atom. The van der Waals surface area contributed by atoms with Crippen molar-refractivity contribution in [3.8, 4) is 45.3 Å². The van der Waals surface area contributed by atoms with Crippen molar-refractivity contribution in [1.29, 1.82) is 0 Å². The highest BCUT2D eigenvalue weighted by Crippen LogP contribution is 2.41. The number of hydrogen-bond donors (Lipinski definition) is 6. The van der Waals surface area contributed by atoms with E-state index in [1.165, 1.54) is 12.7 Å². The van der Waals surface area contributed by atoms with Crippen LogP contribution in [0.5, 0.6) is 23.0 Å². The quantitative estimate of drug-likeness (QED) is 0.0911. The molecule has 0 saturated heterocycles. The Hall–Kier alpha value is -6.84. The van der Waals surface area contributed by atoms with E-state index in [9.17, 15) is 20.4 Å². The Labute approximate surface area is 345 Å². The molecule has 2 saturated carbocycles. The third-order valence-electron chi connectivity index (χ3n) is 11.3. The lowest BCUT2D eigenvalue weighted by Crippen LogP contribution is -2.31. The van der Waals surface area contributed by atoms with Crippen molar-refractivity contribution in [2.75, 3.05) is 11.5 Å². The van der Waals surface area contributed by atoms with Crippen LogP contribution in [0, 0.1) is 0 Å². The predicted octanol–water partition coefficient (Wildman–Crippen LogP) is 7.06. The lowest BCUT2D eigenvalue weighted by Gasteiger charge is -2.18. The van der Waals surface area contributed by atoms with Crippen molar-refractivity contribution in [3.05, 3.63) is 134 Å². The van der Waals surface area contributed by atoms with Gasteiger partial charge in [0, 0.05) is 29.6 Å². The molecule has 0 aliphatic heterocycles. The van der Waals surface area contributed by atoms with E-state index in [0.29, 0.717) is 28.4 Å². The number of para-hydroxylation sites is 2. The van der Waals surface area contributed by atoms with Gasteiger partial charge >= 0.3 is 0 Å². The number of rotatable bonds is 8. The van der Waals surface area contributed by atoms with Crippen LogP contribution >= 0.6 is 0 Å². The molecule has 14 heteroatoms. The average molecular weight is 805 g/mol. The average Bonchev–Trinajstić information content (AvgIpc) is 4.04. The van der Waals surface area contributed by atoms with E-state index in [4.69, 9.17) is 20.9 Å². The van der Waals surface area contributed by atoms with Gasteiger partial charge in [-0.3, -0.25) is 0 Å². The summed E-state index contributed by atoms with van der Waals surface area (Å²) in [5, 5.41) is 42.0. The van der Waals surface area contributed by atoms with E-state index >= 15 is 0 Å². The zero-order chi connectivity index (χ0) is 41.3. The van der Waals surface area contributed by atoms with E-state index in [-0.39, 0.29) is 18.6 Å². The van der Waals surface area contributed by atoms with Crippen molar-refractivity contribution in [2.24, 2.45) is 0 Å². The number of ether oxygens (including phenoxy) is 2. The van der Waals surface area contributed by atoms with E-state index in [1.54, 1.807) is 4.57 Å². The monoisotopic (exact) mass is 804 g/mol. The summed E-state index contributed by atoms with van der Waals surface area (Å²) in [6.07, 6.45) is 5.88. The molecule has 2 fully saturated rings. The fourth-order valence-electron chi connectivity index (χ4n) is 8.29. The third kappa shape index (κ3) is 7.60. The van der Waals surface area contributed by atoms with Gasteiger partial charge in [-0.05, 0) is 85.3 Å². The van der Waals surface area contributed by atoms with E-state index in [0.717, 1.165) is 69.8 Å². The van der Waals surface area contributed by atoms with Crippen molar-refractivity contribution in [1.82, 2.24) is 29.1 Å². The first-order valence-corrected chi connectivity index (χ1v) is 19.8. The fourth-order valence-corrected chi connectivity index (χ4v) is 8.29. The lowest BCUT2D eigenvalue weighted by molar-refractivity contribution is -0.0244. The number of aliphatic hydroxyl groups is 4. The molecule has 10 rings (SSSR count). The van der Waals surface area contributed by atoms with Crippen molar-refractivity contribution >= 4 is 33.7 Å². The summed E-state index contributed by atoms with van der Waals surface area (Å²) in [7, 11) is 0. The highest BCUT2D eigenvalue weighted by Gasteiger charge is 2.42. The molecule has 14 nitrogen and oxygen atoms in total. The van der Waals surface area contributed by atoms with E-state index in [1.807, 2.05) is 115 Å². The number of nitrogens with zero attached hydrogens (tertiary/aromatic N) is 6. The molecule has 6 unspecified atom stereocenters. The largest absolute Gasteiger partial charge is 0.457 e. The molecule has 0 radical (unpaired) electrons. The predicted molar refractivity (Wildman–Crippen MR) is 228 cm³/mol. The number of anilines is 2. The maximum atomic E-state index is 10.4. The fraction of sp³-hybridized carbons (Fsp3) is 0.217. The van der Waals surface area contributed by atoms with E-state index < -0.39 is 24.4 Å². The molecule has 0 bridgehead atoms. The number of fused-ring (bicyclic) bond motifs is 2. The summed E-state index contributed by atoms with van der Waals surface area (Å²) in [5.74, 6) is 3.79. The molecule has 6 atom stereocenters. The van der Waals surface area contributed by atoms with Crippen molar-refractivity contribution in [2.45, 2.75) is 62.2 Å². The number of hydrogen-bond acceptors (Lipinski definition) is 12. The van der Waals surface area contributed by atoms with Crippen LogP contribution in [0.2, 0.25) is 0 Å². The molecule has 2 aliphatic carbocycles. The molecule has 8 N–H and O–H groups in total. The SMILES string of the molecule is Nc1ncnc2c1c(-c1ccc(Oc3ccccc3)cc1)cn2C1CC(O)C(O)C1O.Nc1ncnc2c1c(-c1ccc(Oc3ccccc3)cc1)cn2C1CCC(O)C1. The van der Waals surface area contributed by atoms with Crippen LogP contribution in [-0.4, -0.2) is 73.9 Å². The van der Waals surface area contributed by atoms with Crippen LogP contribution in [0.1, 0.15) is 37.8 Å². The Balaban J connectivity index is 0.000000154. The molecule has 60 heavy (non-hydrogen) atoms. The van der Waals surface area contributed by atoms with Gasteiger partial charge in [0.1, 0.15) is 70.8 Å². The lowest BCUT2D eigenvalue weighted by atomic mass is 10.1. The second kappa shape index (κ2) is 16.4. The van der Waals surface area contributed by atoms with Crippen LogP contribution in [0.3, 0.4) is 0 Å². The zero-order valence-corrected chi connectivity index (χ0v) is 32.4. The van der Waals surface area contributed by atoms with Gasteiger partial charge in [0.2, 0.25) is 0 Å². The highest BCUT2D eigenvalue weighted by atomic mass is 16.5. The first kappa shape index (κ1) is 38.7. The van der Waals surface area contributed by atoms with Gasteiger partial charge < -0.3 is 50.5 Å². The molecular weight excluding hydrogens is 761 g/mol. The molecule has 0 amide bonds. The Morgan fingerprint density at radius 3 is 1.43 bits per heavy atom. The Morgan fingerprint density at radius 1 is 0.517 bits per heavy atom. The minimum Gasteiger partial charge on any atom is -0.457 e. The maximum Gasteiger partial charge on any atom is 0.146 e. The van der Waals surface area contributed by atoms with Crippen LogP contribution in [0.25, 0.3) is 44.3 Å². The number of nitrogens with two attached hydrogens (primary N) is 2. The summed E-state index contributed by atoms with van der Waals surface area (Å²) < 4.78 is 15.7. The summed E-state index contributed by atoms with van der Waals surface area (Å²) in [6.45, 7) is 0. The van der Waals surface area contributed by atoms with Gasteiger partial charge in [0.05, 0.1) is 29.0 Å². The molecular formula is C46H44N8O6. The molecule has 0 spiro atoms. The third-order valence-corrected chi connectivity index (χ3v) is 11.3. The zero-order valence-electron chi connectivity index (χ0n) is 32.4. The molecule has 4 aromatic heterocycles. The van der Waals surface area contributed by atoms with Crippen LogP contribution in [-0.2, 0) is 0 Å². The van der Waals surface area contributed by atoms with Crippen LogP contribution in [0.4, 0.5) is 11.6 Å². The first-order chi connectivity index (χ1) is 29.2. The second-order valence-corrected chi connectivity index (χ2v) is 15.2. The van der Waals surface area contributed by atoms with Gasteiger partial charge in [-0.1, -0.05) is 60.7 Å². The topological polar surface area (TPSA) is 213 Å². The van der Waals surface area contributed by atoms with Crippen LogP contribution in [0.15, 0.2) is 134 Å². The molecule has 4 heterocycles. The minimum absolute atomic E-state index is 0.208. The van der Waals surface area contributed by atoms with Gasteiger partial charge in [0.25, 0.3) is 0 Å². The summed E-state index contributed by atoms with van der Waals surface area (Å²) in [6, 6.07) is 34.4. The van der Waals surface area contributed by atoms with Crippen molar-refractivity contribution in [3.63, 3.8) is 0 Å². The minimum atomic E-state index is -1.21. The number of aromatic nitrogens is 6. The number of nitrogen functional groups attached to an aromatic ring is 2. The highest BCUT2D eigenvalue weighted by molar-refractivity contribution is 6.01. The standard InChI is InChI=1S/C23H22N4O4.C23H22N4O2/c24-22-19-16(13-6-8-15(9-7-13)31-14-4-2-1-3-5-14)11-27(23(19)26-12-25-22)17-10-18(28)21(30)20(17)29;24-22-21-20(13-27(23(21)26-14-25-22)16-8-9-17(28)12-16)15-6-10-19(11-7-15)29-18-4-2-1-3-5-18/h1-9,11-12,17-18,20-21,28-30H,10H2,(H2,24,25,26);1-7,10-11,13-14,16-17,28H,8-9,12H2,(H2,24,25,26). The molecule has 8 aromatic rings. The first-order valence-electron chi connectivity index (χ1n) is 19.8. The van der Waals surface area contributed by atoms with Gasteiger partial charge in [-0.2, -0.15) is 0 Å². The van der Waals surface area contributed by atoms with Gasteiger partial charge in [-0.15, -0.1) is 0 Å². The smallest absolute Gasteiger partial charge is 0.146 e. The molecule has 304 valence electrons. The van der Waals surface area contributed by atoms with Crippen molar-refractivity contribution < 1.29 is 29.9 Å². The molecule has 4 aromatic carbocycles. The summed E-state index contributed by atoms with van der Waals surface area (Å²) in [5.41, 5.74) is 17.4. The Bertz CT molecular complexity index is 2730. The summed E-state index contributed by atoms with van der Waals surface area (Å²) >= 11 is 0. The van der Waals surface area contributed by atoms with Gasteiger partial charge in [0.15, 0.2) is 0 Å². The number of aliphatic hydroxyl groups excluding tert-OH is 4. The summed E-state index contributed by atoms with van der Waals surface area (Å²) in [4.78, 5) is 17.2. The second-order valence-electron chi connectivity index (χ2n) is 15.2. The Kier molecular flexibility index (Phi) is 10.6. The molecule has 2 aliphatic rings. The van der Waals surface area contributed by atoms with Gasteiger partial charge in [-0.25, -0.2) is 19.9 Å².